The Morgan fingerprint density at radius 3 is 1.56 bits per heavy atom. The van der Waals surface area contributed by atoms with E-state index in [0.29, 0.717) is 0 Å². The smallest absolute Gasteiger partial charge is 0.179 e. The van der Waals surface area contributed by atoms with Crippen LogP contribution < -0.4 is 20.7 Å². The Morgan fingerprint density at radius 2 is 0.889 bits per heavy atom. The van der Waals surface area contributed by atoms with E-state index in [4.69, 9.17) is 0 Å². The van der Waals surface area contributed by atoms with Crippen molar-refractivity contribution < 1.29 is 0 Å². The van der Waals surface area contributed by atoms with Gasteiger partial charge in [0.15, 0.2) is 8.07 Å². The highest BCUT2D eigenvalue weighted by molar-refractivity contribution is 7.20. The molecule has 0 radical (unpaired) electrons. The second-order valence-corrected chi connectivity index (χ2v) is 15.6. The molecule has 0 saturated carbocycles. The number of para-hydroxylation sites is 2. The van der Waals surface area contributed by atoms with Gasteiger partial charge in [-0.25, -0.2) is 0 Å². The van der Waals surface area contributed by atoms with Crippen molar-refractivity contribution in [1.82, 2.24) is 9.55 Å². The Morgan fingerprint density at radius 1 is 0.356 bits per heavy atom. The fourth-order valence-electron chi connectivity index (χ4n) is 7.52. The average Bonchev–Trinajstić information content (AvgIpc) is 3.65. The molecule has 0 aliphatic carbocycles. The molecule has 0 atom stereocenters. The van der Waals surface area contributed by atoms with Gasteiger partial charge in [-0.15, -0.1) is 0 Å². The van der Waals surface area contributed by atoms with Crippen molar-refractivity contribution in [2.45, 2.75) is 0 Å². The van der Waals surface area contributed by atoms with Crippen molar-refractivity contribution >= 4 is 72.4 Å². The summed E-state index contributed by atoms with van der Waals surface area (Å²) in [6.45, 7) is 0. The van der Waals surface area contributed by atoms with Crippen LogP contribution in [0.2, 0.25) is 0 Å². The summed E-state index contributed by atoms with van der Waals surface area (Å²) in [4.78, 5) is 3.59. The number of benzene rings is 7. The van der Waals surface area contributed by atoms with Crippen LogP contribution in [0.25, 0.3) is 49.3 Å². The van der Waals surface area contributed by atoms with Crippen molar-refractivity contribution in [2.24, 2.45) is 0 Å². The van der Waals surface area contributed by atoms with E-state index in [1.165, 1.54) is 64.5 Å². The van der Waals surface area contributed by atoms with Gasteiger partial charge in [0.1, 0.15) is 0 Å². The van der Waals surface area contributed by atoms with Gasteiger partial charge in [-0.2, -0.15) is 0 Å². The first-order valence-electron chi connectivity index (χ1n) is 15.5. The molecule has 9 rings (SSSR count). The normalized spacial score (nSPS) is 12.0. The van der Waals surface area contributed by atoms with Crippen LogP contribution in [0.5, 0.6) is 0 Å². The lowest BCUT2D eigenvalue weighted by molar-refractivity contribution is 1.19. The summed E-state index contributed by atoms with van der Waals surface area (Å²) in [5, 5.41) is 10.6. The number of hydrogen-bond acceptors (Lipinski definition) is 0. The second-order valence-electron chi connectivity index (χ2n) is 11.8. The van der Waals surface area contributed by atoms with Crippen molar-refractivity contribution in [3.63, 3.8) is 0 Å². The summed E-state index contributed by atoms with van der Waals surface area (Å²) in [6, 6.07) is 65.0. The fraction of sp³-hybridized carbons (Fsp3) is 0. The zero-order valence-electron chi connectivity index (χ0n) is 24.7. The van der Waals surface area contributed by atoms with E-state index >= 15 is 0 Å². The maximum absolute atomic E-state index is 3.59. The van der Waals surface area contributed by atoms with Gasteiger partial charge in [0.25, 0.3) is 0 Å². The quantitative estimate of drug-likeness (QED) is 0.156. The molecule has 2 heterocycles. The van der Waals surface area contributed by atoms with Crippen LogP contribution in [0.1, 0.15) is 0 Å². The standard InChI is InChI=1S/C42H30N2Si/c1-4-14-31(15-5-1)45(32-16-6-2-7-17-32,33-18-8-3-9-19-33)34-25-27-42-38(29-34)36-21-11-13-23-41(36)44(42)30-24-26-40-37(28-30)35-20-10-12-22-39(35)43-40/h1-29,43H. The Labute approximate surface area is 262 Å². The van der Waals surface area contributed by atoms with Gasteiger partial charge < -0.3 is 9.55 Å². The maximum Gasteiger partial charge on any atom is 0.179 e. The van der Waals surface area contributed by atoms with Gasteiger partial charge in [0, 0.05) is 38.3 Å². The zero-order chi connectivity index (χ0) is 29.8. The zero-order valence-corrected chi connectivity index (χ0v) is 25.7. The number of aromatic nitrogens is 2. The lowest BCUT2D eigenvalue weighted by atomic mass is 10.1. The van der Waals surface area contributed by atoms with Gasteiger partial charge in [-0.05, 0) is 57.1 Å². The third-order valence-corrected chi connectivity index (χ3v) is 14.2. The topological polar surface area (TPSA) is 20.7 Å². The van der Waals surface area contributed by atoms with Crippen LogP contribution in [0.15, 0.2) is 176 Å². The Kier molecular flexibility index (Phi) is 5.87. The van der Waals surface area contributed by atoms with Crippen LogP contribution in [-0.4, -0.2) is 17.6 Å². The maximum atomic E-state index is 3.59. The summed E-state index contributed by atoms with van der Waals surface area (Å²) < 4.78 is 2.44. The molecular formula is C42H30N2Si. The first kappa shape index (κ1) is 25.8. The molecule has 1 N–H and O–H groups in total. The molecular weight excluding hydrogens is 561 g/mol. The van der Waals surface area contributed by atoms with Gasteiger partial charge in [0.2, 0.25) is 0 Å². The third kappa shape index (κ3) is 3.88. The summed E-state index contributed by atoms with van der Waals surface area (Å²) in [6.07, 6.45) is 0. The summed E-state index contributed by atoms with van der Waals surface area (Å²) in [5.41, 5.74) is 5.93. The molecule has 7 aromatic carbocycles. The van der Waals surface area contributed by atoms with Gasteiger partial charge >= 0.3 is 0 Å². The van der Waals surface area contributed by atoms with Gasteiger partial charge in [-0.1, -0.05) is 140 Å². The first-order valence-corrected chi connectivity index (χ1v) is 17.5. The lowest BCUT2D eigenvalue weighted by Gasteiger charge is -2.34. The van der Waals surface area contributed by atoms with Crippen LogP contribution >= 0.6 is 0 Å². The van der Waals surface area contributed by atoms with Crippen LogP contribution in [0, 0.1) is 0 Å². The van der Waals surface area contributed by atoms with Crippen molar-refractivity contribution in [2.75, 3.05) is 0 Å². The molecule has 0 fully saturated rings. The summed E-state index contributed by atoms with van der Waals surface area (Å²) in [5.74, 6) is 0. The number of nitrogens with one attached hydrogen (secondary N) is 1. The molecule has 45 heavy (non-hydrogen) atoms. The van der Waals surface area contributed by atoms with E-state index in [-0.39, 0.29) is 0 Å². The first-order chi connectivity index (χ1) is 22.3. The monoisotopic (exact) mass is 590 g/mol. The highest BCUT2D eigenvalue weighted by Crippen LogP contribution is 2.34. The Hall–Kier alpha value is -5.64. The predicted molar refractivity (Wildman–Crippen MR) is 194 cm³/mol. The fourth-order valence-corrected chi connectivity index (χ4v) is 12.3. The molecule has 0 spiro atoms. The van der Waals surface area contributed by atoms with E-state index in [9.17, 15) is 0 Å². The van der Waals surface area contributed by atoms with E-state index in [2.05, 4.69) is 185 Å². The molecule has 0 aliphatic heterocycles. The van der Waals surface area contributed by atoms with E-state index in [1.54, 1.807) is 0 Å². The predicted octanol–water partition coefficient (Wildman–Crippen LogP) is 7.80. The van der Waals surface area contributed by atoms with Gasteiger partial charge in [0.05, 0.1) is 11.0 Å². The minimum absolute atomic E-state index is 1.16. The van der Waals surface area contributed by atoms with Crippen molar-refractivity contribution in [3.8, 4) is 5.69 Å². The highest BCUT2D eigenvalue weighted by Gasteiger charge is 2.41. The highest BCUT2D eigenvalue weighted by atomic mass is 28.3. The largest absolute Gasteiger partial charge is 0.355 e. The minimum atomic E-state index is -2.65. The second kappa shape index (κ2) is 10.2. The lowest BCUT2D eigenvalue weighted by Crippen LogP contribution is -2.74. The molecule has 2 aromatic heterocycles. The number of nitrogens with zero attached hydrogens (tertiary/aromatic N) is 1. The molecule has 212 valence electrons. The Balaban J connectivity index is 1.36. The van der Waals surface area contributed by atoms with Crippen LogP contribution in [0.3, 0.4) is 0 Å². The number of aromatic amines is 1. The summed E-state index contributed by atoms with van der Waals surface area (Å²) >= 11 is 0. The summed E-state index contributed by atoms with van der Waals surface area (Å²) in [7, 11) is -2.65. The third-order valence-electron chi connectivity index (χ3n) is 9.47. The molecule has 0 amide bonds. The molecule has 2 nitrogen and oxygen atoms in total. The van der Waals surface area contributed by atoms with E-state index in [0.717, 1.165) is 5.52 Å². The SMILES string of the molecule is c1ccc([Si](c2ccccc2)(c2ccccc2)c2ccc3c(c2)c2ccccc2n3-c2ccc3[nH]c4ccccc4c3c2)cc1. The van der Waals surface area contributed by atoms with Crippen molar-refractivity contribution in [3.05, 3.63) is 176 Å². The van der Waals surface area contributed by atoms with E-state index in [1.807, 2.05) is 0 Å². The molecule has 0 unspecified atom stereocenters. The average molecular weight is 591 g/mol. The molecule has 0 bridgehead atoms. The van der Waals surface area contributed by atoms with Crippen LogP contribution in [-0.2, 0) is 0 Å². The van der Waals surface area contributed by atoms with Crippen LogP contribution in [0.4, 0.5) is 0 Å². The number of rotatable bonds is 5. The molecule has 3 heteroatoms. The molecule has 0 saturated heterocycles. The Bertz CT molecular complexity index is 2380. The molecule has 9 aromatic rings. The minimum Gasteiger partial charge on any atom is -0.355 e. The van der Waals surface area contributed by atoms with Gasteiger partial charge in [-0.3, -0.25) is 0 Å². The van der Waals surface area contributed by atoms with Crippen molar-refractivity contribution in [1.29, 1.82) is 0 Å². The number of hydrogen-bond donors (Lipinski definition) is 1. The number of H-pyrrole nitrogens is 1. The molecule has 0 aliphatic rings. The van der Waals surface area contributed by atoms with E-state index < -0.39 is 8.07 Å². The number of fused-ring (bicyclic) bond motifs is 6.